The molecule has 0 radical (unpaired) electrons. The third-order valence-corrected chi connectivity index (χ3v) is 4.89. The summed E-state index contributed by atoms with van der Waals surface area (Å²) >= 11 is 0. The van der Waals surface area contributed by atoms with Crippen LogP contribution in [-0.4, -0.2) is 47.9 Å². The van der Waals surface area contributed by atoms with E-state index in [1.165, 1.54) is 12.8 Å². The Morgan fingerprint density at radius 2 is 1.58 bits per heavy atom. The van der Waals surface area contributed by atoms with E-state index in [9.17, 15) is 4.79 Å². The first-order chi connectivity index (χ1) is 9.08. The van der Waals surface area contributed by atoms with Crippen LogP contribution in [0.5, 0.6) is 0 Å². The fourth-order valence-electron chi connectivity index (χ4n) is 3.49. The molecule has 0 spiro atoms. The molecule has 19 heavy (non-hydrogen) atoms. The van der Waals surface area contributed by atoms with Crippen molar-refractivity contribution in [2.45, 2.75) is 59.9 Å². The van der Waals surface area contributed by atoms with Crippen LogP contribution in [0, 0.1) is 11.8 Å². The maximum Gasteiger partial charge on any atom is 0.225 e. The van der Waals surface area contributed by atoms with Crippen LogP contribution in [0.1, 0.15) is 53.9 Å². The van der Waals surface area contributed by atoms with Crippen LogP contribution in [0.4, 0.5) is 0 Å². The molecule has 0 N–H and O–H groups in total. The second-order valence-electron chi connectivity index (χ2n) is 5.78. The Balaban J connectivity index is 2.72. The van der Waals surface area contributed by atoms with Crippen molar-refractivity contribution >= 4 is 5.91 Å². The van der Waals surface area contributed by atoms with Crippen molar-refractivity contribution in [2.75, 3.05) is 26.2 Å². The molecular formula is C16H32N2O. The molecule has 3 nitrogen and oxygen atoms in total. The first-order valence-electron chi connectivity index (χ1n) is 8.11. The number of nitrogens with zero attached hydrogens (tertiary/aromatic N) is 2. The standard InChI is InChI=1S/C16H32N2O/c1-6-17(7-2)14-11-10-13(5)15(12-14)16(19)18(8-3)9-4/h13-15H,6-12H2,1-5H3. The van der Waals surface area contributed by atoms with Gasteiger partial charge in [-0.15, -0.1) is 0 Å². The lowest BCUT2D eigenvalue weighted by Gasteiger charge is -2.40. The topological polar surface area (TPSA) is 23.6 Å². The van der Waals surface area contributed by atoms with E-state index in [4.69, 9.17) is 0 Å². The Bertz CT molecular complexity index is 272. The Hall–Kier alpha value is -0.570. The van der Waals surface area contributed by atoms with Crippen LogP contribution in [0.3, 0.4) is 0 Å². The summed E-state index contributed by atoms with van der Waals surface area (Å²) in [6.07, 6.45) is 3.50. The van der Waals surface area contributed by atoms with E-state index in [0.29, 0.717) is 17.9 Å². The summed E-state index contributed by atoms with van der Waals surface area (Å²) in [7, 11) is 0. The molecule has 112 valence electrons. The Labute approximate surface area is 119 Å². The predicted molar refractivity (Wildman–Crippen MR) is 81.1 cm³/mol. The quantitative estimate of drug-likeness (QED) is 0.739. The molecule has 0 aliphatic heterocycles. The summed E-state index contributed by atoms with van der Waals surface area (Å²) < 4.78 is 0. The Kier molecular flexibility index (Phi) is 6.84. The molecule has 3 unspecified atom stereocenters. The molecule has 1 aliphatic carbocycles. The van der Waals surface area contributed by atoms with Crippen LogP contribution < -0.4 is 0 Å². The van der Waals surface area contributed by atoms with Crippen molar-refractivity contribution in [1.29, 1.82) is 0 Å². The molecule has 0 aromatic rings. The van der Waals surface area contributed by atoms with E-state index in [2.05, 4.69) is 39.5 Å². The largest absolute Gasteiger partial charge is 0.343 e. The van der Waals surface area contributed by atoms with Crippen molar-refractivity contribution in [3.63, 3.8) is 0 Å². The molecule has 1 fully saturated rings. The minimum Gasteiger partial charge on any atom is -0.343 e. The third kappa shape index (κ3) is 3.95. The summed E-state index contributed by atoms with van der Waals surface area (Å²) in [6, 6.07) is 0.607. The lowest BCUT2D eigenvalue weighted by Crippen LogP contribution is -2.46. The first kappa shape index (κ1) is 16.5. The van der Waals surface area contributed by atoms with Gasteiger partial charge in [0.25, 0.3) is 0 Å². The highest BCUT2D eigenvalue weighted by atomic mass is 16.2. The predicted octanol–water partition coefficient (Wildman–Crippen LogP) is 3.00. The molecule has 1 amide bonds. The molecular weight excluding hydrogens is 236 g/mol. The van der Waals surface area contributed by atoms with Crippen molar-refractivity contribution < 1.29 is 4.79 Å². The molecule has 3 atom stereocenters. The van der Waals surface area contributed by atoms with Crippen molar-refractivity contribution in [1.82, 2.24) is 9.80 Å². The van der Waals surface area contributed by atoms with E-state index in [-0.39, 0.29) is 5.92 Å². The summed E-state index contributed by atoms with van der Waals surface area (Å²) in [6.45, 7) is 14.7. The van der Waals surface area contributed by atoms with E-state index in [1.807, 2.05) is 4.90 Å². The molecule has 1 saturated carbocycles. The molecule has 0 saturated heterocycles. The number of carbonyl (C=O) groups is 1. The molecule has 0 heterocycles. The van der Waals surface area contributed by atoms with Crippen LogP contribution in [0.15, 0.2) is 0 Å². The van der Waals surface area contributed by atoms with Crippen molar-refractivity contribution in [3.8, 4) is 0 Å². The van der Waals surface area contributed by atoms with Gasteiger partial charge in [0.15, 0.2) is 0 Å². The molecule has 1 aliphatic rings. The summed E-state index contributed by atoms with van der Waals surface area (Å²) in [5.74, 6) is 1.16. The minimum absolute atomic E-state index is 0.235. The lowest BCUT2D eigenvalue weighted by atomic mass is 9.76. The highest BCUT2D eigenvalue weighted by Gasteiger charge is 2.35. The van der Waals surface area contributed by atoms with Gasteiger partial charge in [-0.2, -0.15) is 0 Å². The molecule has 3 heteroatoms. The van der Waals surface area contributed by atoms with Crippen molar-refractivity contribution in [2.24, 2.45) is 11.8 Å². The summed E-state index contributed by atoms with van der Waals surface area (Å²) in [4.78, 5) is 17.2. The van der Waals surface area contributed by atoms with Gasteiger partial charge in [0.05, 0.1) is 0 Å². The van der Waals surface area contributed by atoms with Crippen LogP contribution >= 0.6 is 0 Å². The second-order valence-corrected chi connectivity index (χ2v) is 5.78. The summed E-state index contributed by atoms with van der Waals surface area (Å²) in [5.41, 5.74) is 0. The number of hydrogen-bond donors (Lipinski definition) is 0. The van der Waals surface area contributed by atoms with Gasteiger partial charge in [0.2, 0.25) is 5.91 Å². The van der Waals surface area contributed by atoms with Gasteiger partial charge in [0.1, 0.15) is 0 Å². The number of amides is 1. The van der Waals surface area contributed by atoms with Gasteiger partial charge in [-0.25, -0.2) is 0 Å². The highest BCUT2D eigenvalue weighted by Crippen LogP contribution is 2.33. The van der Waals surface area contributed by atoms with Gasteiger partial charge in [-0.3, -0.25) is 4.79 Å². The van der Waals surface area contributed by atoms with E-state index in [1.54, 1.807) is 0 Å². The third-order valence-electron chi connectivity index (χ3n) is 4.89. The van der Waals surface area contributed by atoms with E-state index >= 15 is 0 Å². The second kappa shape index (κ2) is 7.88. The van der Waals surface area contributed by atoms with Gasteiger partial charge in [-0.1, -0.05) is 20.8 Å². The highest BCUT2D eigenvalue weighted by molar-refractivity contribution is 5.79. The maximum atomic E-state index is 12.6. The van der Waals surface area contributed by atoms with E-state index in [0.717, 1.165) is 32.6 Å². The zero-order chi connectivity index (χ0) is 14.4. The van der Waals surface area contributed by atoms with Gasteiger partial charge >= 0.3 is 0 Å². The number of hydrogen-bond acceptors (Lipinski definition) is 2. The number of rotatable bonds is 6. The normalized spacial score (nSPS) is 27.6. The summed E-state index contributed by atoms with van der Waals surface area (Å²) in [5, 5.41) is 0. The maximum absolute atomic E-state index is 12.6. The van der Waals surface area contributed by atoms with Crippen LogP contribution in [0.2, 0.25) is 0 Å². The SMILES string of the molecule is CCN(CC)C(=O)C1CC(N(CC)CC)CCC1C. The van der Waals surface area contributed by atoms with E-state index < -0.39 is 0 Å². The van der Waals surface area contributed by atoms with Crippen molar-refractivity contribution in [3.05, 3.63) is 0 Å². The lowest BCUT2D eigenvalue weighted by molar-refractivity contribution is -0.138. The molecule has 0 aromatic carbocycles. The van der Waals surface area contributed by atoms with Gasteiger partial charge in [0, 0.05) is 25.0 Å². The average Bonchev–Trinajstić information content (AvgIpc) is 2.43. The zero-order valence-corrected chi connectivity index (χ0v) is 13.5. The molecule has 0 aromatic heterocycles. The van der Waals surface area contributed by atoms with Crippen LogP contribution in [-0.2, 0) is 4.79 Å². The zero-order valence-electron chi connectivity index (χ0n) is 13.5. The Morgan fingerprint density at radius 1 is 1.00 bits per heavy atom. The molecule has 0 bridgehead atoms. The fraction of sp³-hybridized carbons (Fsp3) is 0.938. The van der Waals surface area contributed by atoms with Gasteiger partial charge in [-0.05, 0) is 52.1 Å². The monoisotopic (exact) mass is 268 g/mol. The first-order valence-corrected chi connectivity index (χ1v) is 8.11. The molecule has 1 rings (SSSR count). The fourth-order valence-corrected chi connectivity index (χ4v) is 3.49. The smallest absolute Gasteiger partial charge is 0.225 e. The minimum atomic E-state index is 0.235. The van der Waals surface area contributed by atoms with Crippen LogP contribution in [0.25, 0.3) is 0 Å². The Morgan fingerprint density at radius 3 is 2.05 bits per heavy atom. The van der Waals surface area contributed by atoms with Gasteiger partial charge < -0.3 is 9.80 Å². The average molecular weight is 268 g/mol. The number of carbonyl (C=O) groups excluding carboxylic acids is 1.